The molecule has 1 amide bonds. The van der Waals surface area contributed by atoms with Crippen LogP contribution in [0.15, 0.2) is 0 Å². The molecule has 0 spiro atoms. The molecule has 0 unspecified atom stereocenters. The van der Waals surface area contributed by atoms with Crippen molar-refractivity contribution in [3.8, 4) is 0 Å². The fraction of sp³-hybridized carbons (Fsp3) is 0.857. The van der Waals surface area contributed by atoms with Gasteiger partial charge in [0.1, 0.15) is 6.17 Å². The molecular formula is C7H11FN2O. The van der Waals surface area contributed by atoms with Crippen LogP contribution in [0.4, 0.5) is 4.39 Å². The van der Waals surface area contributed by atoms with E-state index >= 15 is 0 Å². The SMILES string of the molecule is O=C1NCCN2C[C@H](F)C[C@@H]12. The molecule has 2 saturated heterocycles. The molecule has 2 rings (SSSR count). The Labute approximate surface area is 64.6 Å². The Kier molecular flexibility index (Phi) is 1.56. The summed E-state index contributed by atoms with van der Waals surface area (Å²) in [5.74, 6) is -0.00333. The van der Waals surface area contributed by atoms with Gasteiger partial charge >= 0.3 is 0 Å². The molecule has 0 aromatic rings. The number of halogens is 1. The van der Waals surface area contributed by atoms with E-state index in [2.05, 4.69) is 5.32 Å². The first kappa shape index (κ1) is 7.03. The summed E-state index contributed by atoms with van der Waals surface area (Å²) >= 11 is 0. The third-order valence-corrected chi connectivity index (χ3v) is 2.35. The van der Waals surface area contributed by atoms with E-state index in [1.807, 2.05) is 4.90 Å². The normalized spacial score (nSPS) is 38.5. The van der Waals surface area contributed by atoms with Crippen LogP contribution < -0.4 is 5.32 Å². The highest BCUT2D eigenvalue weighted by Gasteiger charge is 2.38. The van der Waals surface area contributed by atoms with Gasteiger partial charge in [0.25, 0.3) is 0 Å². The molecule has 2 fully saturated rings. The second-order valence-electron chi connectivity index (χ2n) is 3.13. The predicted molar refractivity (Wildman–Crippen MR) is 37.9 cm³/mol. The number of amides is 1. The third kappa shape index (κ3) is 1.11. The molecule has 2 heterocycles. The molecule has 2 atom stereocenters. The van der Waals surface area contributed by atoms with Crippen molar-refractivity contribution >= 4 is 5.91 Å². The van der Waals surface area contributed by atoms with Crippen LogP contribution in [0.3, 0.4) is 0 Å². The van der Waals surface area contributed by atoms with Crippen molar-refractivity contribution in [2.75, 3.05) is 19.6 Å². The van der Waals surface area contributed by atoms with E-state index in [9.17, 15) is 9.18 Å². The zero-order valence-electron chi connectivity index (χ0n) is 6.22. The minimum absolute atomic E-state index is 0.00333. The summed E-state index contributed by atoms with van der Waals surface area (Å²) in [7, 11) is 0. The fourth-order valence-electron chi connectivity index (χ4n) is 1.81. The van der Waals surface area contributed by atoms with Crippen LogP contribution in [0.5, 0.6) is 0 Å². The van der Waals surface area contributed by atoms with Crippen molar-refractivity contribution in [1.29, 1.82) is 0 Å². The maximum Gasteiger partial charge on any atom is 0.237 e. The first-order chi connectivity index (χ1) is 5.27. The summed E-state index contributed by atoms with van der Waals surface area (Å²) in [4.78, 5) is 13.0. The van der Waals surface area contributed by atoms with Crippen molar-refractivity contribution < 1.29 is 9.18 Å². The molecule has 0 saturated carbocycles. The van der Waals surface area contributed by atoms with E-state index in [-0.39, 0.29) is 11.9 Å². The van der Waals surface area contributed by atoms with Gasteiger partial charge in [-0.15, -0.1) is 0 Å². The van der Waals surface area contributed by atoms with E-state index < -0.39 is 6.17 Å². The lowest BCUT2D eigenvalue weighted by molar-refractivity contribution is -0.127. The van der Waals surface area contributed by atoms with Crippen LogP contribution in [0.25, 0.3) is 0 Å². The van der Waals surface area contributed by atoms with E-state index in [4.69, 9.17) is 0 Å². The maximum absolute atomic E-state index is 12.8. The molecule has 3 nitrogen and oxygen atoms in total. The Morgan fingerprint density at radius 3 is 3.18 bits per heavy atom. The summed E-state index contributed by atoms with van der Waals surface area (Å²) in [5, 5.41) is 2.73. The monoisotopic (exact) mass is 158 g/mol. The lowest BCUT2D eigenvalue weighted by atomic mass is 10.1. The number of alkyl halides is 1. The second kappa shape index (κ2) is 2.44. The number of carbonyl (C=O) groups is 1. The first-order valence-electron chi connectivity index (χ1n) is 3.93. The molecule has 0 radical (unpaired) electrons. The Bertz CT molecular complexity index is 185. The van der Waals surface area contributed by atoms with Crippen LogP contribution in [0.2, 0.25) is 0 Å². The lowest BCUT2D eigenvalue weighted by Crippen LogP contribution is -2.51. The molecule has 0 bridgehead atoms. The summed E-state index contributed by atoms with van der Waals surface area (Å²) in [5.41, 5.74) is 0. The lowest BCUT2D eigenvalue weighted by Gasteiger charge is -2.28. The van der Waals surface area contributed by atoms with E-state index in [1.54, 1.807) is 0 Å². The zero-order valence-corrected chi connectivity index (χ0v) is 6.22. The molecule has 11 heavy (non-hydrogen) atoms. The van der Waals surface area contributed by atoms with Crippen LogP contribution >= 0.6 is 0 Å². The summed E-state index contributed by atoms with van der Waals surface area (Å²) in [6.45, 7) is 1.91. The second-order valence-corrected chi connectivity index (χ2v) is 3.13. The molecule has 2 aliphatic heterocycles. The van der Waals surface area contributed by atoms with Crippen molar-refractivity contribution in [2.24, 2.45) is 0 Å². The Balaban J connectivity index is 2.09. The Hall–Kier alpha value is -0.640. The molecule has 0 aliphatic carbocycles. The van der Waals surface area contributed by atoms with Crippen LogP contribution in [-0.4, -0.2) is 42.7 Å². The Morgan fingerprint density at radius 1 is 1.64 bits per heavy atom. The number of fused-ring (bicyclic) bond motifs is 1. The number of hydrogen-bond donors (Lipinski definition) is 1. The van der Waals surface area contributed by atoms with Gasteiger partial charge in [0.15, 0.2) is 0 Å². The number of nitrogens with one attached hydrogen (secondary N) is 1. The van der Waals surface area contributed by atoms with Crippen LogP contribution in [-0.2, 0) is 4.79 Å². The third-order valence-electron chi connectivity index (χ3n) is 2.35. The number of hydrogen-bond acceptors (Lipinski definition) is 2. The zero-order chi connectivity index (χ0) is 7.84. The largest absolute Gasteiger partial charge is 0.353 e. The molecule has 0 aromatic heterocycles. The van der Waals surface area contributed by atoms with Gasteiger partial charge in [-0.2, -0.15) is 0 Å². The van der Waals surface area contributed by atoms with E-state index in [1.165, 1.54) is 0 Å². The highest BCUT2D eigenvalue weighted by molar-refractivity contribution is 5.82. The average molecular weight is 158 g/mol. The smallest absolute Gasteiger partial charge is 0.237 e. The average Bonchev–Trinajstić information content (AvgIpc) is 2.31. The highest BCUT2D eigenvalue weighted by Crippen LogP contribution is 2.21. The van der Waals surface area contributed by atoms with Gasteiger partial charge in [-0.05, 0) is 0 Å². The van der Waals surface area contributed by atoms with Gasteiger partial charge in [-0.1, -0.05) is 0 Å². The van der Waals surface area contributed by atoms with Gasteiger partial charge < -0.3 is 5.32 Å². The van der Waals surface area contributed by atoms with Gasteiger partial charge in [0.05, 0.1) is 6.04 Å². The fourth-order valence-corrected chi connectivity index (χ4v) is 1.81. The minimum atomic E-state index is -0.802. The summed E-state index contributed by atoms with van der Waals surface area (Å²) < 4.78 is 12.8. The minimum Gasteiger partial charge on any atom is -0.353 e. The van der Waals surface area contributed by atoms with Crippen molar-refractivity contribution in [1.82, 2.24) is 10.2 Å². The molecule has 62 valence electrons. The summed E-state index contributed by atoms with van der Waals surface area (Å²) in [6.07, 6.45) is -0.421. The number of piperazine rings is 1. The molecule has 4 heteroatoms. The van der Waals surface area contributed by atoms with E-state index in [0.717, 1.165) is 6.54 Å². The van der Waals surface area contributed by atoms with E-state index in [0.29, 0.717) is 19.5 Å². The maximum atomic E-state index is 12.8. The standard InChI is InChI=1S/C7H11FN2O/c8-5-3-6-7(11)9-1-2-10(6)4-5/h5-6H,1-4H2,(H,9,11)/t5-,6+/m1/s1. The van der Waals surface area contributed by atoms with Crippen LogP contribution in [0.1, 0.15) is 6.42 Å². The van der Waals surface area contributed by atoms with Crippen molar-refractivity contribution in [3.05, 3.63) is 0 Å². The van der Waals surface area contributed by atoms with Crippen LogP contribution in [0, 0.1) is 0 Å². The highest BCUT2D eigenvalue weighted by atomic mass is 19.1. The first-order valence-corrected chi connectivity index (χ1v) is 3.93. The van der Waals surface area contributed by atoms with Gasteiger partial charge in [0, 0.05) is 26.1 Å². The molecule has 1 N–H and O–H groups in total. The Morgan fingerprint density at radius 2 is 2.45 bits per heavy atom. The van der Waals surface area contributed by atoms with Gasteiger partial charge in [-0.25, -0.2) is 4.39 Å². The summed E-state index contributed by atoms with van der Waals surface area (Å²) in [6, 6.07) is -0.182. The van der Waals surface area contributed by atoms with Gasteiger partial charge in [0.2, 0.25) is 5.91 Å². The number of carbonyl (C=O) groups excluding carboxylic acids is 1. The predicted octanol–water partition coefficient (Wildman–Crippen LogP) is -0.471. The molecule has 0 aromatic carbocycles. The molecule has 2 aliphatic rings. The number of nitrogens with zero attached hydrogens (tertiary/aromatic N) is 1. The van der Waals surface area contributed by atoms with Gasteiger partial charge in [-0.3, -0.25) is 9.69 Å². The quantitative estimate of drug-likeness (QED) is 0.517. The number of rotatable bonds is 0. The topological polar surface area (TPSA) is 32.3 Å². The van der Waals surface area contributed by atoms with Crippen molar-refractivity contribution in [2.45, 2.75) is 18.6 Å². The van der Waals surface area contributed by atoms with Crippen molar-refractivity contribution in [3.63, 3.8) is 0 Å². The molecular weight excluding hydrogens is 147 g/mol.